The van der Waals surface area contributed by atoms with Gasteiger partial charge in [0, 0.05) is 23.4 Å². The van der Waals surface area contributed by atoms with Gasteiger partial charge in [-0.2, -0.15) is 5.10 Å². The van der Waals surface area contributed by atoms with Gasteiger partial charge in [-0.3, -0.25) is 14.3 Å². The number of esters is 1. The van der Waals surface area contributed by atoms with Gasteiger partial charge in [-0.05, 0) is 39.0 Å². The molecule has 0 bridgehead atoms. The average Bonchev–Trinajstić information content (AvgIpc) is 3.20. The zero-order valence-electron chi connectivity index (χ0n) is 18.8. The Hall–Kier alpha value is -3.34. The molecule has 0 radical (unpaired) electrons. The number of fused-ring (bicyclic) bond motifs is 2. The molecule has 1 amide bonds. The number of nitrogens with two attached hydrogens (primary N) is 1. The van der Waals surface area contributed by atoms with Crippen molar-refractivity contribution in [2.75, 3.05) is 17.7 Å². The molecule has 180 valence electrons. The minimum Gasteiger partial charge on any atom is -0.466 e. The third kappa shape index (κ3) is 4.27. The Morgan fingerprint density at radius 3 is 2.76 bits per heavy atom. The van der Waals surface area contributed by atoms with E-state index < -0.39 is 29.6 Å². The van der Waals surface area contributed by atoms with E-state index >= 15 is 0 Å². The first-order valence-electron chi connectivity index (χ1n) is 10.6. The summed E-state index contributed by atoms with van der Waals surface area (Å²) in [6.07, 6.45) is -0.654. The van der Waals surface area contributed by atoms with Gasteiger partial charge in [0.05, 0.1) is 29.5 Å². The van der Waals surface area contributed by atoms with Gasteiger partial charge in [-0.25, -0.2) is 18.7 Å². The molecule has 1 aliphatic heterocycles. The SMILES string of the molecule is CCOC(=O)CC1(C)C(=O)Nc2nc(-c3nn(CCC(C)(F)F)c4cc(Cl)ccc34)nc(N)c21. The van der Waals surface area contributed by atoms with Gasteiger partial charge in [0.1, 0.15) is 17.3 Å². The summed E-state index contributed by atoms with van der Waals surface area (Å²) in [5.41, 5.74) is 6.07. The van der Waals surface area contributed by atoms with Crippen LogP contribution >= 0.6 is 11.6 Å². The van der Waals surface area contributed by atoms with Gasteiger partial charge in [0.25, 0.3) is 0 Å². The fourth-order valence-electron chi connectivity index (χ4n) is 4.03. The second-order valence-corrected chi connectivity index (χ2v) is 8.91. The van der Waals surface area contributed by atoms with E-state index in [1.807, 2.05) is 0 Å². The topological polar surface area (TPSA) is 125 Å². The molecular weight excluding hydrogens is 470 g/mol. The van der Waals surface area contributed by atoms with Crippen LogP contribution in [0.1, 0.15) is 39.2 Å². The van der Waals surface area contributed by atoms with Crippen molar-refractivity contribution in [3.05, 3.63) is 28.8 Å². The number of halogens is 3. The molecule has 4 rings (SSSR count). The summed E-state index contributed by atoms with van der Waals surface area (Å²) < 4.78 is 33.4. The number of aryl methyl sites for hydroxylation is 1. The summed E-state index contributed by atoms with van der Waals surface area (Å²) in [7, 11) is 0. The van der Waals surface area contributed by atoms with E-state index in [-0.39, 0.29) is 37.0 Å². The normalized spacial score (nSPS) is 17.6. The standard InChI is InChI=1S/C22H23ClF2N6O3/c1-4-34-14(32)10-21(2)15-17(26)27-19(28-18(15)29-20(21)33)16-12-6-5-11(23)9-13(12)31(30-16)8-7-22(3,24)25/h5-6,9H,4,7-8,10H2,1-3H3,(H3,26,27,28,29,33). The molecule has 1 aromatic carbocycles. The Morgan fingerprint density at radius 2 is 2.09 bits per heavy atom. The summed E-state index contributed by atoms with van der Waals surface area (Å²) >= 11 is 6.12. The molecular formula is C22H23ClF2N6O3. The van der Waals surface area contributed by atoms with Gasteiger partial charge in [-0.1, -0.05) is 11.6 Å². The number of aromatic nitrogens is 4. The molecule has 0 saturated carbocycles. The highest BCUT2D eigenvalue weighted by molar-refractivity contribution is 6.31. The number of alkyl halides is 2. The number of nitrogen functional groups attached to an aromatic ring is 1. The summed E-state index contributed by atoms with van der Waals surface area (Å²) in [6.45, 7) is 4.20. The maximum Gasteiger partial charge on any atom is 0.307 e. The van der Waals surface area contributed by atoms with Gasteiger partial charge in [0.15, 0.2) is 5.82 Å². The third-order valence-electron chi connectivity index (χ3n) is 5.71. The number of amides is 1. The van der Waals surface area contributed by atoms with Crippen LogP contribution in [0.4, 0.5) is 20.4 Å². The van der Waals surface area contributed by atoms with Crippen LogP contribution in [0.2, 0.25) is 5.02 Å². The van der Waals surface area contributed by atoms with Gasteiger partial charge < -0.3 is 15.8 Å². The summed E-state index contributed by atoms with van der Waals surface area (Å²) in [5.74, 6) is -3.62. The quantitative estimate of drug-likeness (QED) is 0.478. The molecule has 3 N–H and O–H groups in total. The number of hydrogen-bond acceptors (Lipinski definition) is 7. The molecule has 1 unspecified atom stereocenters. The van der Waals surface area contributed by atoms with Crippen molar-refractivity contribution in [1.82, 2.24) is 19.7 Å². The lowest BCUT2D eigenvalue weighted by molar-refractivity contribution is -0.146. The van der Waals surface area contributed by atoms with Crippen molar-refractivity contribution in [1.29, 1.82) is 0 Å². The zero-order valence-corrected chi connectivity index (χ0v) is 19.5. The number of carbonyl (C=O) groups excluding carboxylic acids is 2. The second kappa shape index (κ2) is 8.46. The maximum atomic E-state index is 13.5. The Balaban J connectivity index is 1.80. The van der Waals surface area contributed by atoms with Gasteiger partial charge in [0.2, 0.25) is 11.8 Å². The van der Waals surface area contributed by atoms with Crippen LogP contribution in [0.15, 0.2) is 18.2 Å². The summed E-state index contributed by atoms with van der Waals surface area (Å²) in [4.78, 5) is 33.7. The lowest BCUT2D eigenvalue weighted by atomic mass is 9.81. The first-order valence-corrected chi connectivity index (χ1v) is 11.0. The van der Waals surface area contributed by atoms with Gasteiger partial charge >= 0.3 is 5.97 Å². The highest BCUT2D eigenvalue weighted by Crippen LogP contribution is 2.43. The number of ether oxygens (including phenoxy) is 1. The van der Waals surface area contributed by atoms with E-state index in [9.17, 15) is 18.4 Å². The number of anilines is 2. The summed E-state index contributed by atoms with van der Waals surface area (Å²) in [5, 5.41) is 8.12. The van der Waals surface area contributed by atoms with Crippen LogP contribution in [0.3, 0.4) is 0 Å². The van der Waals surface area contributed by atoms with Crippen LogP contribution in [-0.2, 0) is 26.3 Å². The van der Waals surface area contributed by atoms with Crippen LogP contribution in [0.5, 0.6) is 0 Å². The maximum absolute atomic E-state index is 13.5. The number of rotatable bonds is 7. The van der Waals surface area contributed by atoms with Crippen LogP contribution in [0.25, 0.3) is 22.4 Å². The number of nitrogens with one attached hydrogen (secondary N) is 1. The molecule has 1 aliphatic rings. The van der Waals surface area contributed by atoms with Crippen molar-refractivity contribution >= 4 is 46.0 Å². The van der Waals surface area contributed by atoms with E-state index in [1.165, 1.54) is 4.68 Å². The van der Waals surface area contributed by atoms with E-state index in [0.29, 0.717) is 27.2 Å². The number of hydrogen-bond donors (Lipinski definition) is 2. The number of nitrogens with zero attached hydrogens (tertiary/aromatic N) is 4. The number of benzene rings is 1. The molecule has 9 nitrogen and oxygen atoms in total. The average molecular weight is 493 g/mol. The fourth-order valence-corrected chi connectivity index (χ4v) is 4.20. The molecule has 3 aromatic rings. The molecule has 3 heterocycles. The lowest BCUT2D eigenvalue weighted by Crippen LogP contribution is -2.34. The van der Waals surface area contributed by atoms with Gasteiger partial charge in [-0.15, -0.1) is 0 Å². The van der Waals surface area contributed by atoms with E-state index in [2.05, 4.69) is 20.4 Å². The Morgan fingerprint density at radius 1 is 1.35 bits per heavy atom. The van der Waals surface area contributed by atoms with Crippen LogP contribution in [-0.4, -0.2) is 44.2 Å². The zero-order chi connectivity index (χ0) is 24.8. The van der Waals surface area contributed by atoms with Crippen molar-refractivity contribution < 1.29 is 23.1 Å². The second-order valence-electron chi connectivity index (χ2n) is 8.48. The highest BCUT2D eigenvalue weighted by Gasteiger charge is 2.48. The van der Waals surface area contributed by atoms with Crippen LogP contribution < -0.4 is 11.1 Å². The molecule has 34 heavy (non-hydrogen) atoms. The Bertz CT molecular complexity index is 1310. The predicted octanol–water partition coefficient (Wildman–Crippen LogP) is 3.94. The highest BCUT2D eigenvalue weighted by atomic mass is 35.5. The first kappa shape index (κ1) is 23.8. The molecule has 12 heteroatoms. The van der Waals surface area contributed by atoms with E-state index in [1.54, 1.807) is 32.0 Å². The lowest BCUT2D eigenvalue weighted by Gasteiger charge is -2.21. The van der Waals surface area contributed by atoms with Crippen molar-refractivity contribution in [2.45, 2.75) is 51.5 Å². The third-order valence-corrected chi connectivity index (χ3v) is 5.95. The molecule has 1 atom stereocenters. The van der Waals surface area contributed by atoms with E-state index in [4.69, 9.17) is 22.1 Å². The number of carbonyl (C=O) groups is 2. The van der Waals surface area contributed by atoms with Crippen molar-refractivity contribution in [3.8, 4) is 11.5 Å². The van der Waals surface area contributed by atoms with E-state index in [0.717, 1.165) is 6.92 Å². The summed E-state index contributed by atoms with van der Waals surface area (Å²) in [6, 6.07) is 4.95. The molecule has 2 aromatic heterocycles. The smallest absolute Gasteiger partial charge is 0.307 e. The monoisotopic (exact) mass is 492 g/mol. The minimum absolute atomic E-state index is 0.00176. The van der Waals surface area contributed by atoms with Crippen molar-refractivity contribution in [3.63, 3.8) is 0 Å². The minimum atomic E-state index is -2.88. The Kier molecular flexibility index (Phi) is 5.92. The molecule has 0 aliphatic carbocycles. The fraction of sp³-hybridized carbons (Fsp3) is 0.409. The molecule has 0 spiro atoms. The molecule has 0 saturated heterocycles. The Labute approximate surface area is 198 Å². The predicted molar refractivity (Wildman–Crippen MR) is 123 cm³/mol. The first-order chi connectivity index (χ1) is 15.9. The molecule has 0 fully saturated rings. The largest absolute Gasteiger partial charge is 0.466 e. The van der Waals surface area contributed by atoms with Crippen LogP contribution in [0, 0.1) is 0 Å². The van der Waals surface area contributed by atoms with Crippen molar-refractivity contribution in [2.24, 2.45) is 0 Å².